The Balaban J connectivity index is 2.00. The molecule has 0 atom stereocenters. The van der Waals surface area contributed by atoms with Gasteiger partial charge in [0.15, 0.2) is 0 Å². The van der Waals surface area contributed by atoms with Crippen molar-refractivity contribution in [3.63, 3.8) is 0 Å². The van der Waals surface area contributed by atoms with E-state index in [2.05, 4.69) is 41.4 Å². The maximum Gasteiger partial charge on any atom is 0.131 e. The molecule has 104 valence electrons. The van der Waals surface area contributed by atoms with Crippen LogP contribution in [-0.2, 0) is 20.1 Å². The van der Waals surface area contributed by atoms with Crippen molar-refractivity contribution < 1.29 is 0 Å². The number of nitrogens with one attached hydrogen (secondary N) is 1. The summed E-state index contributed by atoms with van der Waals surface area (Å²) in [6, 6.07) is 0. The minimum absolute atomic E-state index is 0.0664. The van der Waals surface area contributed by atoms with Crippen LogP contribution in [0.4, 0.5) is 0 Å². The molecule has 0 amide bonds. The molecule has 19 heavy (non-hydrogen) atoms. The number of rotatable bonds is 4. The molecule has 0 aliphatic heterocycles. The molecule has 0 unspecified atom stereocenters. The highest BCUT2D eigenvalue weighted by atomic mass is 35.5. The van der Waals surface area contributed by atoms with Crippen LogP contribution in [0.25, 0.3) is 0 Å². The maximum absolute atomic E-state index is 5.95. The minimum Gasteiger partial charge on any atom is -0.321 e. The van der Waals surface area contributed by atoms with E-state index in [0.717, 1.165) is 11.5 Å². The molecule has 0 saturated heterocycles. The number of imidazole rings is 1. The van der Waals surface area contributed by atoms with Crippen LogP contribution in [-0.4, -0.2) is 30.1 Å². The number of hydrogen-bond acceptors (Lipinski definition) is 4. The minimum atomic E-state index is 0.0664. The standard InChI is InChI=1S/C12H19ClN6/c1-12(2,3)15-5-9-7-19(17-16-9)8-11-14-6-10(13)18(11)4/h6-7,15H,5,8H2,1-4H3. The van der Waals surface area contributed by atoms with Crippen molar-refractivity contribution >= 4 is 11.6 Å². The van der Waals surface area contributed by atoms with Gasteiger partial charge in [0.2, 0.25) is 0 Å². The summed E-state index contributed by atoms with van der Waals surface area (Å²) in [4.78, 5) is 4.23. The van der Waals surface area contributed by atoms with Gasteiger partial charge < -0.3 is 9.88 Å². The summed E-state index contributed by atoms with van der Waals surface area (Å²) in [5, 5.41) is 12.2. The van der Waals surface area contributed by atoms with Crippen molar-refractivity contribution in [2.75, 3.05) is 0 Å². The summed E-state index contributed by atoms with van der Waals surface area (Å²) in [5.74, 6) is 0.852. The summed E-state index contributed by atoms with van der Waals surface area (Å²) < 4.78 is 3.59. The SMILES string of the molecule is Cn1c(Cl)cnc1Cn1cc(CNC(C)(C)C)nn1. The van der Waals surface area contributed by atoms with E-state index in [-0.39, 0.29) is 5.54 Å². The fraction of sp³-hybridized carbons (Fsp3) is 0.583. The summed E-state index contributed by atoms with van der Waals surface area (Å²) in [6.07, 6.45) is 3.55. The monoisotopic (exact) mass is 282 g/mol. The van der Waals surface area contributed by atoms with Gasteiger partial charge >= 0.3 is 0 Å². The van der Waals surface area contributed by atoms with Gasteiger partial charge in [-0.25, -0.2) is 9.67 Å². The predicted octanol–water partition coefficient (Wildman–Crippen LogP) is 1.60. The number of hydrogen-bond donors (Lipinski definition) is 1. The lowest BCUT2D eigenvalue weighted by atomic mass is 10.1. The Hall–Kier alpha value is -1.40. The molecule has 7 heteroatoms. The lowest BCUT2D eigenvalue weighted by molar-refractivity contribution is 0.421. The van der Waals surface area contributed by atoms with Gasteiger partial charge in [0.05, 0.1) is 18.1 Å². The van der Waals surface area contributed by atoms with Gasteiger partial charge in [-0.2, -0.15) is 0 Å². The molecular weight excluding hydrogens is 264 g/mol. The third-order valence-electron chi connectivity index (χ3n) is 2.72. The Kier molecular flexibility index (Phi) is 3.91. The van der Waals surface area contributed by atoms with E-state index < -0.39 is 0 Å². The first-order chi connectivity index (χ1) is 8.85. The summed E-state index contributed by atoms with van der Waals surface area (Å²) in [6.45, 7) is 7.62. The molecule has 0 aromatic carbocycles. The van der Waals surface area contributed by atoms with Crippen LogP contribution in [0.15, 0.2) is 12.4 Å². The van der Waals surface area contributed by atoms with E-state index in [1.54, 1.807) is 10.9 Å². The van der Waals surface area contributed by atoms with Crippen molar-refractivity contribution in [1.29, 1.82) is 0 Å². The molecule has 2 aromatic heterocycles. The van der Waals surface area contributed by atoms with Gasteiger partial charge in [-0.3, -0.25) is 0 Å². The zero-order valence-electron chi connectivity index (χ0n) is 11.7. The van der Waals surface area contributed by atoms with E-state index in [0.29, 0.717) is 18.2 Å². The molecule has 2 rings (SSSR count). The zero-order chi connectivity index (χ0) is 14.0. The van der Waals surface area contributed by atoms with Crippen molar-refractivity contribution in [3.05, 3.63) is 29.1 Å². The largest absolute Gasteiger partial charge is 0.321 e. The third kappa shape index (κ3) is 3.78. The van der Waals surface area contributed by atoms with Crippen LogP contribution in [0.5, 0.6) is 0 Å². The van der Waals surface area contributed by atoms with Crippen LogP contribution >= 0.6 is 11.6 Å². The molecule has 0 bridgehead atoms. The Morgan fingerprint density at radius 2 is 2.11 bits per heavy atom. The molecule has 1 N–H and O–H groups in total. The molecule has 2 heterocycles. The molecule has 0 saturated carbocycles. The van der Waals surface area contributed by atoms with Gasteiger partial charge in [0, 0.05) is 19.1 Å². The average Bonchev–Trinajstić information content (AvgIpc) is 2.88. The highest BCUT2D eigenvalue weighted by Gasteiger charge is 2.11. The fourth-order valence-electron chi connectivity index (χ4n) is 1.57. The van der Waals surface area contributed by atoms with Crippen LogP contribution < -0.4 is 5.32 Å². The molecule has 2 aromatic rings. The number of halogens is 1. The molecular formula is C12H19ClN6. The smallest absolute Gasteiger partial charge is 0.131 e. The second kappa shape index (κ2) is 5.30. The highest BCUT2D eigenvalue weighted by Crippen LogP contribution is 2.10. The van der Waals surface area contributed by atoms with E-state index in [1.165, 1.54) is 0 Å². The topological polar surface area (TPSA) is 60.6 Å². The van der Waals surface area contributed by atoms with E-state index >= 15 is 0 Å². The summed E-state index contributed by atoms with van der Waals surface area (Å²) in [7, 11) is 1.88. The van der Waals surface area contributed by atoms with Crippen molar-refractivity contribution in [1.82, 2.24) is 29.9 Å². The zero-order valence-corrected chi connectivity index (χ0v) is 12.4. The van der Waals surface area contributed by atoms with Crippen molar-refractivity contribution in [2.45, 2.75) is 39.4 Å². The molecule has 6 nitrogen and oxygen atoms in total. The Labute approximate surface area is 117 Å². The first-order valence-electron chi connectivity index (χ1n) is 6.15. The lowest BCUT2D eigenvalue weighted by Crippen LogP contribution is -2.35. The van der Waals surface area contributed by atoms with Crippen LogP contribution in [0.3, 0.4) is 0 Å². The second-order valence-electron chi connectivity index (χ2n) is 5.57. The van der Waals surface area contributed by atoms with Crippen LogP contribution in [0, 0.1) is 0 Å². The Morgan fingerprint density at radius 3 is 2.68 bits per heavy atom. The molecule has 0 aliphatic carbocycles. The first kappa shape index (κ1) is 14.0. The summed E-state index contributed by atoms with van der Waals surface area (Å²) >= 11 is 5.95. The van der Waals surface area contributed by atoms with Crippen LogP contribution in [0.2, 0.25) is 5.15 Å². The van der Waals surface area contributed by atoms with Gasteiger partial charge in [-0.1, -0.05) is 16.8 Å². The Morgan fingerprint density at radius 1 is 1.37 bits per heavy atom. The third-order valence-corrected chi connectivity index (χ3v) is 3.07. The molecule has 0 radical (unpaired) electrons. The quantitative estimate of drug-likeness (QED) is 0.925. The first-order valence-corrected chi connectivity index (χ1v) is 6.53. The maximum atomic E-state index is 5.95. The van der Waals surface area contributed by atoms with Crippen molar-refractivity contribution in [3.8, 4) is 0 Å². The number of nitrogens with zero attached hydrogens (tertiary/aromatic N) is 5. The fourth-order valence-corrected chi connectivity index (χ4v) is 1.71. The second-order valence-corrected chi connectivity index (χ2v) is 5.95. The molecule has 0 spiro atoms. The van der Waals surface area contributed by atoms with Gasteiger partial charge in [0.25, 0.3) is 0 Å². The average molecular weight is 283 g/mol. The Bertz CT molecular complexity index is 551. The van der Waals surface area contributed by atoms with Crippen molar-refractivity contribution in [2.24, 2.45) is 7.05 Å². The normalized spacial score (nSPS) is 12.1. The predicted molar refractivity (Wildman–Crippen MR) is 73.9 cm³/mol. The van der Waals surface area contributed by atoms with Gasteiger partial charge in [-0.05, 0) is 20.8 Å². The molecule has 0 fully saturated rings. The van der Waals surface area contributed by atoms with E-state index in [4.69, 9.17) is 11.6 Å². The lowest BCUT2D eigenvalue weighted by Gasteiger charge is -2.19. The van der Waals surface area contributed by atoms with Gasteiger partial charge in [0.1, 0.15) is 17.5 Å². The van der Waals surface area contributed by atoms with E-state index in [9.17, 15) is 0 Å². The number of aromatic nitrogens is 5. The van der Waals surface area contributed by atoms with Gasteiger partial charge in [-0.15, -0.1) is 5.10 Å². The summed E-state index contributed by atoms with van der Waals surface area (Å²) in [5.41, 5.74) is 0.979. The molecule has 0 aliphatic rings. The highest BCUT2D eigenvalue weighted by molar-refractivity contribution is 6.29. The van der Waals surface area contributed by atoms with E-state index in [1.807, 2.05) is 17.8 Å². The van der Waals surface area contributed by atoms with Crippen LogP contribution in [0.1, 0.15) is 32.3 Å².